The van der Waals surface area contributed by atoms with Crippen molar-refractivity contribution in [3.8, 4) is 0 Å². The van der Waals surface area contributed by atoms with E-state index in [2.05, 4.69) is 39.9 Å². The van der Waals surface area contributed by atoms with Crippen molar-refractivity contribution in [2.24, 2.45) is 12.0 Å². The Balaban J connectivity index is 0.00000576. The molecule has 0 fully saturated rings. The highest BCUT2D eigenvalue weighted by atomic mass is 127. The zero-order valence-electron chi connectivity index (χ0n) is 16.3. The van der Waals surface area contributed by atoms with E-state index in [4.69, 9.17) is 0 Å². The van der Waals surface area contributed by atoms with E-state index in [-0.39, 0.29) is 35.9 Å². The van der Waals surface area contributed by atoms with Gasteiger partial charge in [0, 0.05) is 45.3 Å². The van der Waals surface area contributed by atoms with Crippen molar-refractivity contribution in [2.45, 2.75) is 53.0 Å². The second-order valence-corrected chi connectivity index (χ2v) is 6.12. The molecule has 0 saturated carbocycles. The third kappa shape index (κ3) is 8.06. The number of amides is 1. The van der Waals surface area contributed by atoms with E-state index in [1.165, 1.54) is 11.3 Å². The van der Waals surface area contributed by atoms with Crippen molar-refractivity contribution in [3.63, 3.8) is 0 Å². The van der Waals surface area contributed by atoms with E-state index >= 15 is 0 Å². The number of halogens is 1. The van der Waals surface area contributed by atoms with Gasteiger partial charge in [-0.3, -0.25) is 14.5 Å². The Morgan fingerprint density at radius 1 is 1.28 bits per heavy atom. The Labute approximate surface area is 168 Å². The number of aliphatic imine (C=N–C) groups is 1. The summed E-state index contributed by atoms with van der Waals surface area (Å²) in [5, 5.41) is 13.9. The number of nitrogens with zero attached hydrogens (tertiary/aromatic N) is 3. The van der Waals surface area contributed by atoms with Gasteiger partial charge in [0.25, 0.3) is 0 Å². The lowest BCUT2D eigenvalue weighted by atomic mass is 10.1. The minimum atomic E-state index is 0. The van der Waals surface area contributed by atoms with Gasteiger partial charge in [0.1, 0.15) is 0 Å². The monoisotopic (exact) mass is 464 g/mol. The molecule has 3 N–H and O–H groups in total. The molecule has 0 bridgehead atoms. The molecule has 0 aromatic carbocycles. The fourth-order valence-corrected chi connectivity index (χ4v) is 2.55. The number of hydrogen-bond donors (Lipinski definition) is 3. The summed E-state index contributed by atoms with van der Waals surface area (Å²) in [6.07, 6.45) is 2.27. The standard InChI is InChI=1S/C17H32N6O.HI/c1-7-9-19-16(24)8-10-20-17(18-5)21-12(2)11-15-13(3)22-23(6)14(15)4;/h12H,7-11H2,1-6H3,(H,19,24)(H2,18,20,21);1H. The summed E-state index contributed by atoms with van der Waals surface area (Å²) in [5.74, 6) is 0.777. The summed E-state index contributed by atoms with van der Waals surface area (Å²) < 4.78 is 1.92. The minimum absolute atomic E-state index is 0. The second kappa shape index (κ2) is 12.1. The summed E-state index contributed by atoms with van der Waals surface area (Å²) >= 11 is 0. The molecule has 1 rings (SSSR count). The van der Waals surface area contributed by atoms with Crippen molar-refractivity contribution >= 4 is 35.8 Å². The van der Waals surface area contributed by atoms with Crippen molar-refractivity contribution in [1.82, 2.24) is 25.7 Å². The molecule has 1 aromatic heterocycles. The Morgan fingerprint density at radius 3 is 2.48 bits per heavy atom. The normalized spacial score (nSPS) is 12.3. The molecule has 0 radical (unpaired) electrons. The molecule has 0 aliphatic carbocycles. The predicted octanol–water partition coefficient (Wildman–Crippen LogP) is 1.67. The summed E-state index contributed by atoms with van der Waals surface area (Å²) in [5.41, 5.74) is 3.53. The molecule has 0 spiro atoms. The molecular weight excluding hydrogens is 431 g/mol. The van der Waals surface area contributed by atoms with Crippen LogP contribution in [-0.4, -0.2) is 47.8 Å². The Morgan fingerprint density at radius 2 is 1.96 bits per heavy atom. The number of carbonyl (C=O) groups excluding carboxylic acids is 1. The lowest BCUT2D eigenvalue weighted by molar-refractivity contribution is -0.120. The van der Waals surface area contributed by atoms with Crippen LogP contribution in [0.3, 0.4) is 0 Å². The zero-order valence-corrected chi connectivity index (χ0v) is 18.6. The summed E-state index contributed by atoms with van der Waals surface area (Å²) in [7, 11) is 3.70. The third-order valence-electron chi connectivity index (χ3n) is 3.99. The molecule has 8 heteroatoms. The van der Waals surface area contributed by atoms with Gasteiger partial charge in [-0.1, -0.05) is 6.92 Å². The van der Waals surface area contributed by atoms with Crippen molar-refractivity contribution in [1.29, 1.82) is 0 Å². The van der Waals surface area contributed by atoms with Crippen LogP contribution in [0.4, 0.5) is 0 Å². The van der Waals surface area contributed by atoms with E-state index in [0.717, 1.165) is 25.1 Å². The van der Waals surface area contributed by atoms with Gasteiger partial charge in [0.2, 0.25) is 5.91 Å². The van der Waals surface area contributed by atoms with Crippen molar-refractivity contribution in [3.05, 3.63) is 17.0 Å². The molecule has 7 nitrogen and oxygen atoms in total. The zero-order chi connectivity index (χ0) is 18.1. The van der Waals surface area contributed by atoms with E-state index in [1.807, 2.05) is 25.6 Å². The number of aryl methyl sites for hydroxylation is 2. The van der Waals surface area contributed by atoms with Gasteiger partial charge in [-0.25, -0.2) is 0 Å². The molecular formula is C17H33IN6O. The molecule has 144 valence electrons. The fraction of sp³-hybridized carbons (Fsp3) is 0.706. The lowest BCUT2D eigenvalue weighted by Gasteiger charge is -2.18. The van der Waals surface area contributed by atoms with E-state index in [1.54, 1.807) is 7.05 Å². The minimum Gasteiger partial charge on any atom is -0.356 e. The molecule has 1 unspecified atom stereocenters. The van der Waals surface area contributed by atoms with Crippen molar-refractivity contribution < 1.29 is 4.79 Å². The molecule has 25 heavy (non-hydrogen) atoms. The van der Waals surface area contributed by atoms with Crippen LogP contribution in [0.15, 0.2) is 4.99 Å². The van der Waals surface area contributed by atoms with Gasteiger partial charge < -0.3 is 16.0 Å². The third-order valence-corrected chi connectivity index (χ3v) is 3.99. The average molecular weight is 464 g/mol. The molecule has 0 aliphatic heterocycles. The van der Waals surface area contributed by atoms with Crippen LogP contribution < -0.4 is 16.0 Å². The first-order valence-electron chi connectivity index (χ1n) is 8.61. The van der Waals surface area contributed by atoms with Crippen molar-refractivity contribution in [2.75, 3.05) is 20.1 Å². The second-order valence-electron chi connectivity index (χ2n) is 6.12. The van der Waals surface area contributed by atoms with Crippen LogP contribution in [0.25, 0.3) is 0 Å². The fourth-order valence-electron chi connectivity index (χ4n) is 2.55. The number of hydrogen-bond acceptors (Lipinski definition) is 3. The van der Waals surface area contributed by atoms with Crippen LogP contribution in [0.5, 0.6) is 0 Å². The molecule has 1 amide bonds. The summed E-state index contributed by atoms with van der Waals surface area (Å²) in [6.45, 7) is 9.57. The number of guanidine groups is 1. The highest BCUT2D eigenvalue weighted by Gasteiger charge is 2.14. The predicted molar refractivity (Wildman–Crippen MR) is 114 cm³/mol. The molecule has 0 aliphatic rings. The largest absolute Gasteiger partial charge is 0.356 e. The first-order chi connectivity index (χ1) is 11.4. The smallest absolute Gasteiger partial charge is 0.221 e. The van der Waals surface area contributed by atoms with Crippen LogP contribution >= 0.6 is 24.0 Å². The average Bonchev–Trinajstić information content (AvgIpc) is 2.78. The number of rotatable bonds is 8. The van der Waals surface area contributed by atoms with Gasteiger partial charge in [0.15, 0.2) is 5.96 Å². The molecule has 1 aromatic rings. The van der Waals surface area contributed by atoms with Crippen LogP contribution in [0.1, 0.15) is 43.6 Å². The first-order valence-corrected chi connectivity index (χ1v) is 8.61. The Hall–Kier alpha value is -1.32. The maximum absolute atomic E-state index is 11.6. The quantitative estimate of drug-likeness (QED) is 0.311. The van der Waals surface area contributed by atoms with Gasteiger partial charge in [-0.15, -0.1) is 24.0 Å². The number of aromatic nitrogens is 2. The van der Waals surface area contributed by atoms with Crippen LogP contribution in [0.2, 0.25) is 0 Å². The topological polar surface area (TPSA) is 83.3 Å². The highest BCUT2D eigenvalue weighted by Crippen LogP contribution is 2.13. The van der Waals surface area contributed by atoms with Crippen LogP contribution in [0, 0.1) is 13.8 Å². The number of nitrogens with one attached hydrogen (secondary N) is 3. The van der Waals surface area contributed by atoms with E-state index in [9.17, 15) is 4.79 Å². The molecule has 1 atom stereocenters. The Bertz CT molecular complexity index is 570. The Kier molecular flexibility index (Phi) is 11.5. The summed E-state index contributed by atoms with van der Waals surface area (Å²) in [6, 6.07) is 0.215. The number of carbonyl (C=O) groups is 1. The lowest BCUT2D eigenvalue weighted by Crippen LogP contribution is -2.44. The maximum atomic E-state index is 11.6. The van der Waals surface area contributed by atoms with Gasteiger partial charge in [0.05, 0.1) is 5.69 Å². The van der Waals surface area contributed by atoms with Crippen LogP contribution in [-0.2, 0) is 18.3 Å². The van der Waals surface area contributed by atoms with Gasteiger partial charge in [-0.2, -0.15) is 5.10 Å². The summed E-state index contributed by atoms with van der Waals surface area (Å²) in [4.78, 5) is 15.8. The SMILES string of the molecule is CCCNC(=O)CCNC(=NC)NC(C)Cc1c(C)nn(C)c1C.I. The van der Waals surface area contributed by atoms with E-state index < -0.39 is 0 Å². The molecule has 0 saturated heterocycles. The van der Waals surface area contributed by atoms with E-state index in [0.29, 0.717) is 18.9 Å². The molecule has 1 heterocycles. The van der Waals surface area contributed by atoms with Gasteiger partial charge >= 0.3 is 0 Å². The maximum Gasteiger partial charge on any atom is 0.221 e. The first kappa shape index (κ1) is 23.7. The van der Waals surface area contributed by atoms with Gasteiger partial charge in [-0.05, 0) is 39.2 Å². The highest BCUT2D eigenvalue weighted by molar-refractivity contribution is 14.0.